The van der Waals surface area contributed by atoms with Crippen LogP contribution in [0.15, 0.2) is 66.7 Å². The molecule has 6 nitrogen and oxygen atoms in total. The van der Waals surface area contributed by atoms with Gasteiger partial charge in [0.15, 0.2) is 10.9 Å². The van der Waals surface area contributed by atoms with Crippen molar-refractivity contribution in [1.82, 2.24) is 4.98 Å². The van der Waals surface area contributed by atoms with E-state index in [-0.39, 0.29) is 12.2 Å². The highest BCUT2D eigenvalue weighted by Crippen LogP contribution is 2.32. The number of aliphatic carboxylic acids is 1. The second-order valence-electron chi connectivity index (χ2n) is 8.42. The van der Waals surface area contributed by atoms with E-state index in [0.29, 0.717) is 5.56 Å². The van der Waals surface area contributed by atoms with Gasteiger partial charge in [-0.15, -0.1) is 0 Å². The number of hydrogen-bond donors (Lipinski definition) is 2. The minimum absolute atomic E-state index is 0.0411. The Bertz CT molecular complexity index is 1310. The first-order valence-electron chi connectivity index (χ1n) is 10.4. The van der Waals surface area contributed by atoms with Crippen molar-refractivity contribution in [2.24, 2.45) is 5.41 Å². The van der Waals surface area contributed by atoms with E-state index in [1.165, 1.54) is 0 Å². The van der Waals surface area contributed by atoms with E-state index in [1.807, 2.05) is 54.6 Å². The van der Waals surface area contributed by atoms with Crippen LogP contribution in [-0.2, 0) is 4.79 Å². The molecule has 0 amide bonds. The van der Waals surface area contributed by atoms with Crippen LogP contribution < -0.4 is 10.1 Å². The zero-order valence-corrected chi connectivity index (χ0v) is 19.4. The number of fused-ring (bicyclic) bond motifs is 1. The number of Topliss-reactive ketones (excluding diaryl/α,β-unsaturated/α-hetero) is 1. The maximum Gasteiger partial charge on any atom is 0.309 e. The highest BCUT2D eigenvalue weighted by Gasteiger charge is 2.30. The predicted octanol–water partition coefficient (Wildman–Crippen LogP) is 6.40. The number of ketones is 1. The Hall–Kier alpha value is -3.71. The topological polar surface area (TPSA) is 88.5 Å². The van der Waals surface area contributed by atoms with Gasteiger partial charge in [0.1, 0.15) is 5.75 Å². The fourth-order valence-electron chi connectivity index (χ4n) is 3.38. The Morgan fingerprint density at radius 1 is 1.00 bits per heavy atom. The number of nitrogens with one attached hydrogen (secondary N) is 1. The number of carbonyl (C=O) groups excluding carboxylic acids is 1. The number of hydrogen-bond acceptors (Lipinski definition) is 6. The molecule has 3 aromatic carbocycles. The molecule has 0 unspecified atom stereocenters. The molecule has 1 heterocycles. The molecule has 0 fully saturated rings. The lowest BCUT2D eigenvalue weighted by Crippen LogP contribution is -2.26. The Morgan fingerprint density at radius 2 is 1.64 bits per heavy atom. The van der Waals surface area contributed by atoms with Crippen LogP contribution in [0.5, 0.6) is 5.75 Å². The first kappa shape index (κ1) is 22.5. The second-order valence-corrected chi connectivity index (χ2v) is 9.45. The standard InChI is InChI=1S/C26H24N2O4S/c1-26(2,24(30)31)15-22(29)18-6-4-16(5-7-18)17-8-10-19(11-9-17)27-25-28-21-13-12-20(32-3)14-23(21)33-25/h4-14H,15H2,1-3H3,(H,27,28)(H,30,31). The molecule has 4 rings (SSSR count). The summed E-state index contributed by atoms with van der Waals surface area (Å²) in [7, 11) is 1.65. The third-order valence-corrected chi connectivity index (χ3v) is 6.39. The van der Waals surface area contributed by atoms with Crippen LogP contribution in [0, 0.1) is 5.41 Å². The lowest BCUT2D eigenvalue weighted by molar-refractivity contribution is -0.146. The summed E-state index contributed by atoms with van der Waals surface area (Å²) in [4.78, 5) is 28.3. The van der Waals surface area contributed by atoms with Crippen molar-refractivity contribution in [2.45, 2.75) is 20.3 Å². The highest BCUT2D eigenvalue weighted by molar-refractivity contribution is 7.22. The van der Waals surface area contributed by atoms with Gasteiger partial charge in [-0.25, -0.2) is 4.98 Å². The number of carbonyl (C=O) groups is 2. The number of ether oxygens (including phenoxy) is 1. The Kier molecular flexibility index (Phi) is 6.16. The fourth-order valence-corrected chi connectivity index (χ4v) is 4.30. The molecule has 0 aliphatic heterocycles. The van der Waals surface area contributed by atoms with E-state index in [4.69, 9.17) is 4.74 Å². The maximum atomic E-state index is 12.4. The summed E-state index contributed by atoms with van der Waals surface area (Å²) in [6.45, 7) is 3.12. The van der Waals surface area contributed by atoms with E-state index in [2.05, 4.69) is 10.3 Å². The van der Waals surface area contributed by atoms with E-state index in [9.17, 15) is 14.7 Å². The first-order valence-corrected chi connectivity index (χ1v) is 11.3. The summed E-state index contributed by atoms with van der Waals surface area (Å²) < 4.78 is 6.32. The van der Waals surface area contributed by atoms with Crippen LogP contribution in [0.1, 0.15) is 30.6 Å². The number of rotatable bonds is 8. The lowest BCUT2D eigenvalue weighted by atomic mass is 9.85. The summed E-state index contributed by atoms with van der Waals surface area (Å²) >= 11 is 1.56. The maximum absolute atomic E-state index is 12.4. The average molecular weight is 461 g/mol. The first-order chi connectivity index (χ1) is 15.7. The Morgan fingerprint density at radius 3 is 2.24 bits per heavy atom. The van der Waals surface area contributed by atoms with E-state index in [0.717, 1.165) is 37.9 Å². The molecule has 0 aliphatic rings. The van der Waals surface area contributed by atoms with Crippen LogP contribution in [-0.4, -0.2) is 29.0 Å². The average Bonchev–Trinajstić information content (AvgIpc) is 3.20. The van der Waals surface area contributed by atoms with Gasteiger partial charge >= 0.3 is 5.97 Å². The van der Waals surface area contributed by atoms with E-state index < -0.39 is 11.4 Å². The normalized spacial score (nSPS) is 11.4. The molecular weight excluding hydrogens is 436 g/mol. The Balaban J connectivity index is 1.45. The summed E-state index contributed by atoms with van der Waals surface area (Å²) in [5.74, 6) is -0.353. The number of methoxy groups -OCH3 is 1. The van der Waals surface area contributed by atoms with Crippen LogP contribution in [0.3, 0.4) is 0 Å². The van der Waals surface area contributed by atoms with Gasteiger partial charge in [-0.05, 0) is 55.3 Å². The number of carboxylic acids is 1. The number of carboxylic acid groups (broad SMARTS) is 1. The van der Waals surface area contributed by atoms with Gasteiger partial charge in [-0.1, -0.05) is 47.7 Å². The van der Waals surface area contributed by atoms with Crippen molar-refractivity contribution in [3.63, 3.8) is 0 Å². The van der Waals surface area contributed by atoms with Crippen molar-refractivity contribution in [2.75, 3.05) is 12.4 Å². The van der Waals surface area contributed by atoms with Crippen LogP contribution in [0.2, 0.25) is 0 Å². The number of thiazole rings is 1. The summed E-state index contributed by atoms with van der Waals surface area (Å²) in [5.41, 5.74) is 3.25. The molecule has 168 valence electrons. The molecule has 33 heavy (non-hydrogen) atoms. The van der Waals surface area contributed by atoms with Crippen LogP contribution in [0.25, 0.3) is 21.3 Å². The Labute approximate surface area is 195 Å². The van der Waals surface area contributed by atoms with Gasteiger partial charge in [0.05, 0.1) is 22.7 Å². The zero-order chi connectivity index (χ0) is 23.6. The number of benzene rings is 3. The molecule has 4 aromatic rings. The monoisotopic (exact) mass is 460 g/mol. The smallest absolute Gasteiger partial charge is 0.309 e. The largest absolute Gasteiger partial charge is 0.497 e. The third-order valence-electron chi connectivity index (χ3n) is 5.45. The van der Waals surface area contributed by atoms with E-state index in [1.54, 1.807) is 44.4 Å². The van der Waals surface area contributed by atoms with Gasteiger partial charge in [0.25, 0.3) is 0 Å². The van der Waals surface area contributed by atoms with Gasteiger partial charge in [0.2, 0.25) is 0 Å². The zero-order valence-electron chi connectivity index (χ0n) is 18.6. The number of aromatic nitrogens is 1. The molecule has 7 heteroatoms. The molecule has 0 spiro atoms. The van der Waals surface area contributed by atoms with Crippen molar-refractivity contribution >= 4 is 44.1 Å². The summed E-state index contributed by atoms with van der Waals surface area (Å²) in [6.07, 6.45) is -0.0411. The van der Waals surface area contributed by atoms with E-state index >= 15 is 0 Å². The lowest BCUT2D eigenvalue weighted by Gasteiger charge is -2.17. The van der Waals surface area contributed by atoms with Gasteiger partial charge in [-0.3, -0.25) is 9.59 Å². The molecule has 0 saturated heterocycles. The molecule has 0 saturated carbocycles. The molecular formula is C26H24N2O4S. The van der Waals surface area contributed by atoms with Crippen molar-refractivity contribution in [3.05, 3.63) is 72.3 Å². The number of anilines is 2. The number of nitrogens with zero attached hydrogens (tertiary/aromatic N) is 1. The minimum atomic E-state index is -1.09. The van der Waals surface area contributed by atoms with Crippen LogP contribution in [0.4, 0.5) is 10.8 Å². The van der Waals surface area contributed by atoms with Crippen molar-refractivity contribution < 1.29 is 19.4 Å². The third kappa shape index (κ3) is 5.04. The fraction of sp³-hybridized carbons (Fsp3) is 0.192. The molecule has 2 N–H and O–H groups in total. The summed E-state index contributed by atoms with van der Waals surface area (Å²) in [6, 6.07) is 21.0. The van der Waals surface area contributed by atoms with Crippen molar-refractivity contribution in [3.8, 4) is 16.9 Å². The molecule has 0 bridgehead atoms. The highest BCUT2D eigenvalue weighted by atomic mass is 32.1. The predicted molar refractivity (Wildman–Crippen MR) is 132 cm³/mol. The molecule has 0 aliphatic carbocycles. The van der Waals surface area contributed by atoms with Crippen LogP contribution >= 0.6 is 11.3 Å². The SMILES string of the molecule is COc1ccc2nc(Nc3ccc(-c4ccc(C(=O)CC(C)(C)C(=O)O)cc4)cc3)sc2c1. The second kappa shape index (κ2) is 9.03. The van der Waals surface area contributed by atoms with Crippen molar-refractivity contribution in [1.29, 1.82) is 0 Å². The van der Waals surface area contributed by atoms with Gasteiger partial charge in [0, 0.05) is 17.7 Å². The quantitative estimate of drug-likeness (QED) is 0.296. The molecule has 1 aromatic heterocycles. The minimum Gasteiger partial charge on any atom is -0.497 e. The summed E-state index contributed by atoms with van der Waals surface area (Å²) in [5, 5.41) is 13.4. The van der Waals surface area contributed by atoms with Gasteiger partial charge < -0.3 is 15.2 Å². The molecule has 0 radical (unpaired) electrons. The molecule has 0 atom stereocenters. The van der Waals surface area contributed by atoms with Gasteiger partial charge in [-0.2, -0.15) is 0 Å².